The lowest BCUT2D eigenvalue weighted by Crippen LogP contribution is -2.11. The fourth-order valence-electron chi connectivity index (χ4n) is 1.73. The largest absolute Gasteiger partial charge is 0.497 e. The van der Waals surface area contributed by atoms with Crippen LogP contribution in [-0.2, 0) is 12.7 Å². The van der Waals surface area contributed by atoms with Gasteiger partial charge in [-0.05, 0) is 30.3 Å². The van der Waals surface area contributed by atoms with Gasteiger partial charge < -0.3 is 10.1 Å². The number of ether oxygens (including phenoxy) is 1. The Morgan fingerprint density at radius 2 is 2.00 bits per heavy atom. The zero-order valence-electron chi connectivity index (χ0n) is 10.7. The second-order valence-electron chi connectivity index (χ2n) is 4.08. The molecule has 106 valence electrons. The van der Waals surface area contributed by atoms with Gasteiger partial charge in [-0.15, -0.1) is 0 Å². The molecule has 0 fully saturated rings. The molecule has 2 rings (SSSR count). The van der Waals surface area contributed by atoms with Gasteiger partial charge in [0.2, 0.25) is 0 Å². The van der Waals surface area contributed by atoms with Crippen molar-refractivity contribution in [3.63, 3.8) is 0 Å². The summed E-state index contributed by atoms with van der Waals surface area (Å²) in [6.07, 6.45) is -2.85. The molecule has 1 aromatic heterocycles. The van der Waals surface area contributed by atoms with Crippen molar-refractivity contribution in [3.8, 4) is 5.75 Å². The molecular weight excluding hydrogens is 269 g/mol. The third-order valence-corrected chi connectivity index (χ3v) is 2.72. The maximum Gasteiger partial charge on any atom is 0.418 e. The van der Waals surface area contributed by atoms with Gasteiger partial charge in [0, 0.05) is 11.9 Å². The Hall–Kier alpha value is -2.24. The summed E-state index contributed by atoms with van der Waals surface area (Å²) < 4.78 is 43.8. The first kappa shape index (κ1) is 14.2. The molecule has 20 heavy (non-hydrogen) atoms. The van der Waals surface area contributed by atoms with E-state index in [2.05, 4.69) is 10.3 Å². The lowest BCUT2D eigenvalue weighted by atomic mass is 10.1. The van der Waals surface area contributed by atoms with Crippen molar-refractivity contribution in [2.75, 3.05) is 12.4 Å². The number of aromatic nitrogens is 1. The van der Waals surface area contributed by atoms with Crippen LogP contribution < -0.4 is 10.1 Å². The number of hydrogen-bond acceptors (Lipinski definition) is 3. The van der Waals surface area contributed by atoms with E-state index in [0.717, 1.165) is 6.07 Å². The minimum Gasteiger partial charge on any atom is -0.497 e. The SMILES string of the molecule is COc1ccc(NCc2ccccn2)c(C(F)(F)F)c1. The van der Waals surface area contributed by atoms with Crippen molar-refractivity contribution in [1.29, 1.82) is 0 Å². The van der Waals surface area contributed by atoms with Crippen molar-refractivity contribution in [2.24, 2.45) is 0 Å². The number of halogens is 3. The third-order valence-electron chi connectivity index (χ3n) is 2.72. The number of pyridine rings is 1. The molecule has 1 N–H and O–H groups in total. The maximum atomic E-state index is 13.0. The van der Waals surface area contributed by atoms with Gasteiger partial charge in [-0.3, -0.25) is 4.98 Å². The number of methoxy groups -OCH3 is 1. The van der Waals surface area contributed by atoms with Crippen molar-refractivity contribution in [2.45, 2.75) is 12.7 Å². The summed E-state index contributed by atoms with van der Waals surface area (Å²) in [7, 11) is 1.33. The zero-order valence-corrected chi connectivity index (χ0v) is 10.7. The average Bonchev–Trinajstić information content (AvgIpc) is 2.45. The zero-order chi connectivity index (χ0) is 14.6. The molecular formula is C14H13F3N2O. The van der Waals surface area contributed by atoms with Crippen molar-refractivity contribution < 1.29 is 17.9 Å². The molecule has 0 radical (unpaired) electrons. The third kappa shape index (κ3) is 3.40. The highest BCUT2D eigenvalue weighted by Gasteiger charge is 2.34. The van der Waals surface area contributed by atoms with E-state index >= 15 is 0 Å². The fraction of sp³-hybridized carbons (Fsp3) is 0.214. The van der Waals surface area contributed by atoms with Gasteiger partial charge in [0.25, 0.3) is 0 Å². The molecule has 0 unspecified atom stereocenters. The highest BCUT2D eigenvalue weighted by molar-refractivity contribution is 5.55. The molecule has 0 amide bonds. The first-order chi connectivity index (χ1) is 9.50. The van der Waals surface area contributed by atoms with Gasteiger partial charge in [0.1, 0.15) is 5.75 Å². The van der Waals surface area contributed by atoms with E-state index in [1.807, 2.05) is 0 Å². The molecule has 0 aliphatic rings. The molecule has 6 heteroatoms. The van der Waals surface area contributed by atoms with Crippen LogP contribution in [0.3, 0.4) is 0 Å². The molecule has 2 aromatic rings. The van der Waals surface area contributed by atoms with Crippen molar-refractivity contribution in [3.05, 3.63) is 53.9 Å². The van der Waals surface area contributed by atoms with E-state index in [0.29, 0.717) is 5.69 Å². The lowest BCUT2D eigenvalue weighted by molar-refractivity contribution is -0.137. The van der Waals surface area contributed by atoms with Crippen LogP contribution in [0.5, 0.6) is 5.75 Å². The average molecular weight is 282 g/mol. The van der Waals surface area contributed by atoms with Crippen LogP contribution in [0.25, 0.3) is 0 Å². The number of nitrogens with one attached hydrogen (secondary N) is 1. The van der Waals surface area contributed by atoms with Crippen LogP contribution in [0.4, 0.5) is 18.9 Å². The Balaban J connectivity index is 2.23. The van der Waals surface area contributed by atoms with Gasteiger partial charge in [0.05, 0.1) is 24.9 Å². The smallest absolute Gasteiger partial charge is 0.418 e. The molecule has 3 nitrogen and oxygen atoms in total. The maximum absolute atomic E-state index is 13.0. The van der Waals surface area contributed by atoms with Crippen LogP contribution in [0.15, 0.2) is 42.6 Å². The van der Waals surface area contributed by atoms with Crippen LogP contribution in [0.2, 0.25) is 0 Å². The number of benzene rings is 1. The fourth-order valence-corrected chi connectivity index (χ4v) is 1.73. The molecule has 0 aliphatic heterocycles. The van der Waals surface area contributed by atoms with Gasteiger partial charge in [-0.2, -0.15) is 13.2 Å². The Bertz CT molecular complexity index is 570. The number of hydrogen-bond donors (Lipinski definition) is 1. The minimum absolute atomic E-state index is 0.00366. The monoisotopic (exact) mass is 282 g/mol. The summed E-state index contributed by atoms with van der Waals surface area (Å²) >= 11 is 0. The standard InChI is InChI=1S/C14H13F3N2O/c1-20-11-5-6-13(12(8-11)14(15,16)17)19-9-10-4-2-3-7-18-10/h2-8,19H,9H2,1H3. The second kappa shape index (κ2) is 5.81. The van der Waals surface area contributed by atoms with Crippen LogP contribution in [0, 0.1) is 0 Å². The van der Waals surface area contributed by atoms with E-state index in [-0.39, 0.29) is 18.0 Å². The summed E-state index contributed by atoms with van der Waals surface area (Å²) in [5.41, 5.74) is -0.0897. The Kier molecular flexibility index (Phi) is 4.12. The summed E-state index contributed by atoms with van der Waals surface area (Å²) in [4.78, 5) is 4.05. The van der Waals surface area contributed by atoms with Gasteiger partial charge in [-0.1, -0.05) is 6.07 Å². The highest BCUT2D eigenvalue weighted by atomic mass is 19.4. The Morgan fingerprint density at radius 1 is 1.20 bits per heavy atom. The molecule has 1 aromatic carbocycles. The lowest BCUT2D eigenvalue weighted by Gasteiger charge is -2.15. The highest BCUT2D eigenvalue weighted by Crippen LogP contribution is 2.37. The van der Waals surface area contributed by atoms with Gasteiger partial charge in [0.15, 0.2) is 0 Å². The van der Waals surface area contributed by atoms with Gasteiger partial charge in [-0.25, -0.2) is 0 Å². The summed E-state index contributed by atoms with van der Waals surface area (Å²) in [5.74, 6) is 0.167. The Labute approximate surface area is 114 Å². The summed E-state index contributed by atoms with van der Waals surface area (Å²) in [6.45, 7) is 0.219. The molecule has 0 atom stereocenters. The first-order valence-corrected chi connectivity index (χ1v) is 5.89. The quantitative estimate of drug-likeness (QED) is 0.928. The predicted octanol–water partition coefficient (Wildman–Crippen LogP) is 3.72. The number of nitrogens with zero attached hydrogens (tertiary/aromatic N) is 1. The van der Waals surface area contributed by atoms with Crippen LogP contribution in [-0.4, -0.2) is 12.1 Å². The van der Waals surface area contributed by atoms with Gasteiger partial charge >= 0.3 is 6.18 Å². The van der Waals surface area contributed by atoms with E-state index in [1.54, 1.807) is 24.4 Å². The van der Waals surface area contributed by atoms with E-state index in [9.17, 15) is 13.2 Å². The second-order valence-corrected chi connectivity index (χ2v) is 4.08. The summed E-state index contributed by atoms with van der Waals surface area (Å²) in [6, 6.07) is 9.08. The topological polar surface area (TPSA) is 34.1 Å². The van der Waals surface area contributed by atoms with E-state index < -0.39 is 11.7 Å². The van der Waals surface area contributed by atoms with Crippen molar-refractivity contribution >= 4 is 5.69 Å². The normalized spacial score (nSPS) is 11.2. The van der Waals surface area contributed by atoms with Crippen molar-refractivity contribution in [1.82, 2.24) is 4.98 Å². The van der Waals surface area contributed by atoms with Crippen LogP contribution in [0.1, 0.15) is 11.3 Å². The number of anilines is 1. The first-order valence-electron chi connectivity index (χ1n) is 5.89. The predicted molar refractivity (Wildman–Crippen MR) is 69.6 cm³/mol. The summed E-state index contributed by atoms with van der Waals surface area (Å²) in [5, 5.41) is 2.75. The molecule has 0 saturated heterocycles. The molecule has 0 saturated carbocycles. The van der Waals surface area contributed by atoms with E-state index in [4.69, 9.17) is 4.74 Å². The number of rotatable bonds is 4. The molecule has 0 spiro atoms. The Morgan fingerprint density at radius 3 is 2.60 bits per heavy atom. The minimum atomic E-state index is -4.44. The van der Waals surface area contributed by atoms with Crippen LogP contribution >= 0.6 is 0 Å². The molecule has 0 bridgehead atoms. The number of alkyl halides is 3. The van der Waals surface area contributed by atoms with E-state index in [1.165, 1.54) is 19.2 Å². The molecule has 0 aliphatic carbocycles. The molecule has 1 heterocycles.